The molecule has 0 radical (unpaired) electrons. The van der Waals surface area contributed by atoms with E-state index in [1.165, 1.54) is 36.8 Å². The van der Waals surface area contributed by atoms with Crippen molar-refractivity contribution in [2.45, 2.75) is 62.9 Å². The second kappa shape index (κ2) is 5.50. The highest BCUT2D eigenvalue weighted by Crippen LogP contribution is 2.53. The molecule has 0 saturated heterocycles. The van der Waals surface area contributed by atoms with E-state index in [0.717, 1.165) is 25.7 Å². The predicted molar refractivity (Wildman–Crippen MR) is 79.1 cm³/mol. The summed E-state index contributed by atoms with van der Waals surface area (Å²) >= 11 is 0. The van der Waals surface area contributed by atoms with E-state index in [1.807, 2.05) is 0 Å². The predicted octanol–water partition coefficient (Wildman–Crippen LogP) is 4.36. The highest BCUT2D eigenvalue weighted by atomic mass is 16.3. The molecule has 0 bridgehead atoms. The molecule has 1 atom stereocenters. The first-order valence-corrected chi connectivity index (χ1v) is 7.75. The Hall–Kier alpha value is -1.08. The normalized spacial score (nSPS) is 26.7. The van der Waals surface area contributed by atoms with E-state index >= 15 is 0 Å². The fourth-order valence-corrected chi connectivity index (χ4v) is 3.44. The summed E-state index contributed by atoms with van der Waals surface area (Å²) < 4.78 is 0. The lowest BCUT2D eigenvalue weighted by molar-refractivity contribution is 0.161. The molecule has 0 amide bonds. The smallest absolute Gasteiger partial charge is 0.0846 e. The van der Waals surface area contributed by atoms with Crippen LogP contribution < -0.4 is 0 Å². The Morgan fingerprint density at radius 1 is 0.947 bits per heavy atom. The number of aliphatic hydroxyl groups is 1. The van der Waals surface area contributed by atoms with E-state index in [1.54, 1.807) is 0 Å². The lowest BCUT2D eigenvalue weighted by atomic mass is 9.83. The van der Waals surface area contributed by atoms with Crippen LogP contribution >= 0.6 is 0 Å². The lowest BCUT2D eigenvalue weighted by Gasteiger charge is -2.26. The first kappa shape index (κ1) is 12.9. The third-order valence-electron chi connectivity index (χ3n) is 4.84. The van der Waals surface area contributed by atoms with Crippen molar-refractivity contribution in [1.29, 1.82) is 0 Å². The number of hydrogen-bond donors (Lipinski definition) is 1. The van der Waals surface area contributed by atoms with Gasteiger partial charge < -0.3 is 5.11 Å². The summed E-state index contributed by atoms with van der Waals surface area (Å²) in [7, 11) is 0. The Morgan fingerprint density at radius 3 is 2.42 bits per heavy atom. The van der Waals surface area contributed by atoms with Crippen LogP contribution in [0.4, 0.5) is 0 Å². The summed E-state index contributed by atoms with van der Waals surface area (Å²) in [4.78, 5) is 0. The molecule has 1 fully saturated rings. The molecule has 1 saturated carbocycles. The largest absolute Gasteiger partial charge is 0.388 e. The Labute approximate surface area is 116 Å². The lowest BCUT2D eigenvalue weighted by Crippen LogP contribution is -2.28. The number of aliphatic hydroxyl groups excluding tert-OH is 1. The summed E-state index contributed by atoms with van der Waals surface area (Å²) in [5.41, 5.74) is 2.67. The Kier molecular flexibility index (Phi) is 3.74. The number of hydrogen-bond acceptors (Lipinski definition) is 1. The van der Waals surface area contributed by atoms with E-state index in [0.29, 0.717) is 0 Å². The minimum absolute atomic E-state index is 0.0340. The van der Waals surface area contributed by atoms with Gasteiger partial charge in [-0.1, -0.05) is 49.2 Å². The zero-order valence-corrected chi connectivity index (χ0v) is 11.6. The molecule has 2 aliphatic carbocycles. The second-order valence-corrected chi connectivity index (χ2v) is 6.16. The van der Waals surface area contributed by atoms with Gasteiger partial charge in [0.1, 0.15) is 0 Å². The van der Waals surface area contributed by atoms with Gasteiger partial charge in [0.25, 0.3) is 0 Å². The molecule has 1 nitrogen and oxygen atoms in total. The van der Waals surface area contributed by atoms with Crippen molar-refractivity contribution in [3.05, 3.63) is 47.5 Å². The maximum atomic E-state index is 10.9. The molecule has 2 aliphatic rings. The fraction of sp³-hybridized carbons (Fsp3) is 0.556. The Balaban J connectivity index is 1.81. The van der Waals surface area contributed by atoms with Crippen molar-refractivity contribution < 1.29 is 5.11 Å². The molecule has 1 unspecified atom stereocenters. The zero-order valence-electron chi connectivity index (χ0n) is 11.6. The molecular weight excluding hydrogens is 232 g/mol. The van der Waals surface area contributed by atoms with Crippen molar-refractivity contribution in [3.8, 4) is 0 Å². The first-order valence-electron chi connectivity index (χ1n) is 7.75. The molecular formula is C18H24O. The molecule has 0 heterocycles. The Morgan fingerprint density at radius 2 is 1.68 bits per heavy atom. The highest BCUT2D eigenvalue weighted by Gasteiger charge is 2.51. The van der Waals surface area contributed by atoms with Crippen molar-refractivity contribution in [1.82, 2.24) is 0 Å². The van der Waals surface area contributed by atoms with Gasteiger partial charge >= 0.3 is 0 Å². The van der Waals surface area contributed by atoms with Crippen LogP contribution in [0.25, 0.3) is 0 Å². The quantitative estimate of drug-likeness (QED) is 0.797. The topological polar surface area (TPSA) is 20.2 Å². The van der Waals surface area contributed by atoms with Gasteiger partial charge in [-0.15, -0.1) is 0 Å². The van der Waals surface area contributed by atoms with Gasteiger partial charge in [0.05, 0.1) is 6.10 Å². The second-order valence-electron chi connectivity index (χ2n) is 6.16. The molecule has 102 valence electrons. The van der Waals surface area contributed by atoms with Crippen LogP contribution in [-0.4, -0.2) is 11.2 Å². The van der Waals surface area contributed by atoms with Gasteiger partial charge in [0, 0.05) is 5.41 Å². The van der Waals surface area contributed by atoms with Crippen LogP contribution in [0.1, 0.15) is 56.9 Å². The monoisotopic (exact) mass is 256 g/mol. The molecule has 0 spiro atoms. The van der Waals surface area contributed by atoms with Crippen molar-refractivity contribution in [2.24, 2.45) is 0 Å². The molecule has 1 aromatic carbocycles. The standard InChI is InChI=1S/C18H24O/c19-17(15-9-5-2-1-3-6-10-15)18(13-14-18)16-11-7-4-8-12-16/h4,7-9,11-12,17,19H,1-3,5-6,10,13-14H2/b15-9+. The number of allylic oxidation sites excluding steroid dienone is 1. The molecule has 1 heteroatoms. The summed E-state index contributed by atoms with van der Waals surface area (Å²) in [5.74, 6) is 0. The summed E-state index contributed by atoms with van der Waals surface area (Å²) in [5, 5.41) is 10.9. The summed E-state index contributed by atoms with van der Waals surface area (Å²) in [6, 6.07) is 10.6. The van der Waals surface area contributed by atoms with Gasteiger partial charge in [-0.25, -0.2) is 0 Å². The van der Waals surface area contributed by atoms with Gasteiger partial charge in [-0.05, 0) is 49.7 Å². The van der Waals surface area contributed by atoms with Crippen LogP contribution in [0.2, 0.25) is 0 Å². The molecule has 1 N–H and O–H groups in total. The van der Waals surface area contributed by atoms with Crippen LogP contribution in [0.5, 0.6) is 0 Å². The molecule has 3 rings (SSSR count). The molecule has 0 aromatic heterocycles. The summed E-state index contributed by atoms with van der Waals surface area (Å²) in [6.45, 7) is 0. The first-order chi connectivity index (χ1) is 9.33. The van der Waals surface area contributed by atoms with E-state index in [4.69, 9.17) is 0 Å². The average molecular weight is 256 g/mol. The minimum atomic E-state index is -0.256. The summed E-state index contributed by atoms with van der Waals surface area (Å²) in [6.07, 6.45) is 11.8. The van der Waals surface area contributed by atoms with Crippen LogP contribution in [0, 0.1) is 0 Å². The molecule has 1 aromatic rings. The molecule has 0 aliphatic heterocycles. The third kappa shape index (κ3) is 2.62. The van der Waals surface area contributed by atoms with Crippen LogP contribution in [0.15, 0.2) is 42.0 Å². The van der Waals surface area contributed by atoms with Gasteiger partial charge in [-0.3, -0.25) is 0 Å². The average Bonchev–Trinajstić information content (AvgIpc) is 3.20. The van der Waals surface area contributed by atoms with Crippen molar-refractivity contribution >= 4 is 0 Å². The van der Waals surface area contributed by atoms with E-state index in [9.17, 15) is 5.11 Å². The zero-order chi connectivity index (χ0) is 13.1. The van der Waals surface area contributed by atoms with Crippen molar-refractivity contribution in [2.75, 3.05) is 0 Å². The van der Waals surface area contributed by atoms with Crippen LogP contribution in [0.3, 0.4) is 0 Å². The van der Waals surface area contributed by atoms with Crippen LogP contribution in [-0.2, 0) is 5.41 Å². The molecule has 19 heavy (non-hydrogen) atoms. The SMILES string of the molecule is OC(/C1=C/CCCCCC1)C1(c2ccccc2)CC1. The minimum Gasteiger partial charge on any atom is -0.388 e. The van der Waals surface area contributed by atoms with Crippen molar-refractivity contribution in [3.63, 3.8) is 0 Å². The highest BCUT2D eigenvalue weighted by molar-refractivity contribution is 5.37. The Bertz CT molecular complexity index is 442. The maximum Gasteiger partial charge on any atom is 0.0846 e. The fourth-order valence-electron chi connectivity index (χ4n) is 3.44. The number of rotatable bonds is 3. The maximum absolute atomic E-state index is 10.9. The van der Waals surface area contributed by atoms with Gasteiger partial charge in [0.2, 0.25) is 0 Å². The number of benzene rings is 1. The van der Waals surface area contributed by atoms with Gasteiger partial charge in [-0.2, -0.15) is 0 Å². The van der Waals surface area contributed by atoms with E-state index < -0.39 is 0 Å². The van der Waals surface area contributed by atoms with E-state index in [-0.39, 0.29) is 11.5 Å². The third-order valence-corrected chi connectivity index (χ3v) is 4.84. The van der Waals surface area contributed by atoms with E-state index in [2.05, 4.69) is 36.4 Å². The van der Waals surface area contributed by atoms with Gasteiger partial charge in [0.15, 0.2) is 0 Å².